The van der Waals surface area contributed by atoms with E-state index in [-0.39, 0.29) is 17.7 Å². The van der Waals surface area contributed by atoms with Gasteiger partial charge >= 0.3 is 5.69 Å². The molecule has 1 aromatic heterocycles. The molecule has 3 atom stereocenters. The molecule has 9 heteroatoms. The molecule has 2 heterocycles. The van der Waals surface area contributed by atoms with Gasteiger partial charge in [0.25, 0.3) is 0 Å². The monoisotopic (exact) mass is 409 g/mol. The van der Waals surface area contributed by atoms with Gasteiger partial charge in [0.15, 0.2) is 6.23 Å². The number of aliphatic hydroxyl groups excluding tert-OH is 2. The van der Waals surface area contributed by atoms with Gasteiger partial charge in [-0.05, 0) is 10.2 Å². The van der Waals surface area contributed by atoms with Gasteiger partial charge in [-0.3, -0.25) is 4.57 Å². The molecular formula is C12H13FIN3O4. The zero-order chi connectivity index (χ0) is 15.6. The van der Waals surface area contributed by atoms with Crippen molar-refractivity contribution >= 4 is 34.5 Å². The zero-order valence-corrected chi connectivity index (χ0v) is 12.8. The maximum absolute atomic E-state index is 12.8. The van der Waals surface area contributed by atoms with Crippen molar-refractivity contribution in [2.45, 2.75) is 18.4 Å². The van der Waals surface area contributed by atoms with Gasteiger partial charge in [0.1, 0.15) is 18.0 Å². The van der Waals surface area contributed by atoms with Gasteiger partial charge in [-0.2, -0.15) is 4.98 Å². The molecule has 1 aliphatic heterocycles. The number of halogens is 2. The number of aromatic nitrogens is 2. The van der Waals surface area contributed by atoms with Gasteiger partial charge in [-0.15, -0.1) is 0 Å². The Bertz CT molecular complexity index is 646. The lowest BCUT2D eigenvalue weighted by atomic mass is 10.1. The van der Waals surface area contributed by atoms with E-state index in [0.29, 0.717) is 5.56 Å². The van der Waals surface area contributed by atoms with Crippen LogP contribution in [0.5, 0.6) is 0 Å². The lowest BCUT2D eigenvalue weighted by Gasteiger charge is -2.17. The van der Waals surface area contributed by atoms with Crippen molar-refractivity contribution in [2.24, 2.45) is 0 Å². The number of hydrogen-bond acceptors (Lipinski definition) is 6. The summed E-state index contributed by atoms with van der Waals surface area (Å²) < 4.78 is 20.8. The Morgan fingerprint density at radius 2 is 2.33 bits per heavy atom. The van der Waals surface area contributed by atoms with Crippen LogP contribution >= 0.6 is 22.6 Å². The van der Waals surface area contributed by atoms with Gasteiger partial charge in [-0.25, -0.2) is 9.18 Å². The highest BCUT2D eigenvalue weighted by Crippen LogP contribution is 2.33. The molecule has 3 unspecified atom stereocenters. The van der Waals surface area contributed by atoms with Crippen molar-refractivity contribution in [3.05, 3.63) is 38.2 Å². The van der Waals surface area contributed by atoms with Crippen LogP contribution in [0.1, 0.15) is 11.8 Å². The normalized spacial score (nSPS) is 27.8. The molecule has 1 aromatic rings. The van der Waals surface area contributed by atoms with E-state index in [1.165, 1.54) is 6.20 Å². The summed E-state index contributed by atoms with van der Waals surface area (Å²) in [5, 5.41) is 19.2. The van der Waals surface area contributed by atoms with Crippen molar-refractivity contribution in [1.29, 1.82) is 0 Å². The van der Waals surface area contributed by atoms with Crippen molar-refractivity contribution < 1.29 is 19.3 Å². The second-order valence-corrected chi connectivity index (χ2v) is 5.03. The summed E-state index contributed by atoms with van der Waals surface area (Å²) in [6.45, 7) is -0.513. The predicted octanol–water partition coefficient (Wildman–Crippen LogP) is 0.335. The molecule has 0 spiro atoms. The highest BCUT2D eigenvalue weighted by Gasteiger charge is 2.40. The van der Waals surface area contributed by atoms with Crippen LogP contribution in [0.2, 0.25) is 0 Å². The first kappa shape index (κ1) is 16.1. The Balaban J connectivity index is 2.47. The van der Waals surface area contributed by atoms with Crippen molar-refractivity contribution in [2.75, 3.05) is 12.3 Å². The third-order valence-electron chi connectivity index (χ3n) is 3.11. The van der Waals surface area contributed by atoms with Gasteiger partial charge in [0.05, 0.1) is 12.9 Å². The Hall–Kier alpha value is -1.30. The van der Waals surface area contributed by atoms with Crippen LogP contribution in [-0.2, 0) is 4.74 Å². The van der Waals surface area contributed by atoms with Crippen molar-refractivity contribution in [1.82, 2.24) is 9.55 Å². The molecule has 4 N–H and O–H groups in total. The van der Waals surface area contributed by atoms with E-state index < -0.39 is 30.7 Å². The first-order valence-electron chi connectivity index (χ1n) is 5.93. The summed E-state index contributed by atoms with van der Waals surface area (Å²) in [5.41, 5.74) is 5.21. The largest absolute Gasteiger partial charge is 0.393 e. The summed E-state index contributed by atoms with van der Waals surface area (Å²) in [6, 6.07) is 0. The standard InChI is InChI=1S/C12H13FIN3O4/c13-3-7-8(5-18)21-11(9(7)19)17-4-6(1-2-14)10(15)16-12(17)20/h1-4,8-9,11,18-19H,5H2,(H2,15,16,20)/b2-1-,7-3-. The molecule has 1 fully saturated rings. The molecule has 2 rings (SSSR count). The van der Waals surface area contributed by atoms with Crippen LogP contribution in [-0.4, -0.2) is 38.6 Å². The van der Waals surface area contributed by atoms with Gasteiger partial charge < -0.3 is 20.7 Å². The van der Waals surface area contributed by atoms with E-state index >= 15 is 0 Å². The summed E-state index contributed by atoms with van der Waals surface area (Å²) in [7, 11) is 0. The Morgan fingerprint density at radius 3 is 2.86 bits per heavy atom. The number of aliphatic hydroxyl groups is 2. The van der Waals surface area contributed by atoms with Gasteiger partial charge in [-0.1, -0.05) is 22.6 Å². The van der Waals surface area contributed by atoms with Crippen molar-refractivity contribution in [3.8, 4) is 0 Å². The Kier molecular flexibility index (Phi) is 5.08. The van der Waals surface area contributed by atoms with Crippen LogP contribution < -0.4 is 11.4 Å². The Labute approximate surface area is 132 Å². The Morgan fingerprint density at radius 1 is 1.62 bits per heavy atom. The van der Waals surface area contributed by atoms with Gasteiger partial charge in [0, 0.05) is 17.3 Å². The molecule has 21 heavy (non-hydrogen) atoms. The smallest absolute Gasteiger partial charge is 0.351 e. The number of nitrogen functional groups attached to an aromatic ring is 1. The number of nitrogens with zero attached hydrogens (tertiary/aromatic N) is 2. The molecule has 0 aromatic carbocycles. The molecule has 1 saturated heterocycles. The molecule has 0 saturated carbocycles. The number of ether oxygens (including phenoxy) is 1. The predicted molar refractivity (Wildman–Crippen MR) is 82.2 cm³/mol. The van der Waals surface area contributed by atoms with Crippen LogP contribution in [0.4, 0.5) is 10.2 Å². The molecule has 1 aliphatic rings. The van der Waals surface area contributed by atoms with Crippen LogP contribution in [0.15, 0.2) is 27.0 Å². The number of anilines is 1. The molecule has 7 nitrogen and oxygen atoms in total. The van der Waals surface area contributed by atoms with E-state index in [2.05, 4.69) is 4.98 Å². The SMILES string of the molecule is Nc1nc(=O)n(C2OC(CO)/C(=C/F)C2O)cc1/C=C\I. The maximum Gasteiger partial charge on any atom is 0.351 e. The minimum Gasteiger partial charge on any atom is -0.393 e. The fourth-order valence-corrected chi connectivity index (χ4v) is 2.44. The van der Waals surface area contributed by atoms with Crippen molar-refractivity contribution in [3.63, 3.8) is 0 Å². The number of rotatable bonds is 3. The van der Waals surface area contributed by atoms with E-state index in [1.54, 1.807) is 10.2 Å². The highest BCUT2D eigenvalue weighted by atomic mass is 127. The molecule has 0 aliphatic carbocycles. The molecule has 0 amide bonds. The van der Waals surface area contributed by atoms with Crippen LogP contribution in [0.3, 0.4) is 0 Å². The summed E-state index contributed by atoms with van der Waals surface area (Å²) in [6.07, 6.45) is -0.424. The number of hydrogen-bond donors (Lipinski definition) is 3. The molecular weight excluding hydrogens is 396 g/mol. The molecule has 114 valence electrons. The fraction of sp³-hybridized carbons (Fsp3) is 0.333. The zero-order valence-electron chi connectivity index (χ0n) is 10.7. The van der Waals surface area contributed by atoms with E-state index in [0.717, 1.165) is 4.57 Å². The minimum atomic E-state index is -1.40. The second-order valence-electron chi connectivity index (χ2n) is 4.32. The third kappa shape index (κ3) is 3.00. The maximum atomic E-state index is 12.8. The highest BCUT2D eigenvalue weighted by molar-refractivity contribution is 14.1. The topological polar surface area (TPSA) is 111 Å². The first-order chi connectivity index (χ1) is 10.0. The van der Waals surface area contributed by atoms with Crippen LogP contribution in [0.25, 0.3) is 6.08 Å². The molecule has 0 radical (unpaired) electrons. The van der Waals surface area contributed by atoms with E-state index in [1.807, 2.05) is 22.6 Å². The number of nitrogens with two attached hydrogens (primary N) is 1. The summed E-state index contributed by atoms with van der Waals surface area (Å²) >= 11 is 1.98. The lowest BCUT2D eigenvalue weighted by molar-refractivity contribution is -0.0527. The summed E-state index contributed by atoms with van der Waals surface area (Å²) in [5.74, 6) is 0.0385. The van der Waals surface area contributed by atoms with Crippen LogP contribution in [0, 0.1) is 0 Å². The second kappa shape index (κ2) is 6.64. The van der Waals surface area contributed by atoms with E-state index in [9.17, 15) is 14.3 Å². The average molecular weight is 409 g/mol. The first-order valence-corrected chi connectivity index (χ1v) is 7.18. The minimum absolute atomic E-state index is 0.0385. The van der Waals surface area contributed by atoms with E-state index in [4.69, 9.17) is 15.6 Å². The summed E-state index contributed by atoms with van der Waals surface area (Å²) in [4.78, 5) is 15.5. The third-order valence-corrected chi connectivity index (χ3v) is 3.47. The fourth-order valence-electron chi connectivity index (χ4n) is 2.05. The quantitative estimate of drug-likeness (QED) is 0.621. The lowest BCUT2D eigenvalue weighted by Crippen LogP contribution is -2.32. The average Bonchev–Trinajstić information content (AvgIpc) is 2.78. The van der Waals surface area contributed by atoms with Gasteiger partial charge in [0.2, 0.25) is 0 Å². The molecule has 0 bridgehead atoms.